The molecule has 1 atom stereocenters. The number of ketones is 1. The van der Waals surface area contributed by atoms with E-state index in [0.29, 0.717) is 0 Å². The molecule has 5 heteroatoms. The van der Waals surface area contributed by atoms with Gasteiger partial charge in [-0.15, -0.1) is 0 Å². The molecule has 1 aromatic rings. The Morgan fingerprint density at radius 1 is 1.27 bits per heavy atom. The second kappa shape index (κ2) is 7.68. The number of hydrogen-bond donors (Lipinski definition) is 0. The summed E-state index contributed by atoms with van der Waals surface area (Å²) in [5.41, 5.74) is 1.19. The molecule has 2 rings (SSSR count). The molecule has 22 heavy (non-hydrogen) atoms. The zero-order valence-corrected chi connectivity index (χ0v) is 13.8. The fourth-order valence-corrected chi connectivity index (χ4v) is 3.96. The monoisotopic (exact) mass is 321 g/mol. The van der Waals surface area contributed by atoms with E-state index in [9.17, 15) is 13.2 Å². The van der Waals surface area contributed by atoms with E-state index in [2.05, 4.69) is 11.9 Å². The van der Waals surface area contributed by atoms with Crippen molar-refractivity contribution in [2.45, 2.75) is 56.4 Å². The van der Waals surface area contributed by atoms with Crippen molar-refractivity contribution in [1.82, 2.24) is 0 Å². The highest BCUT2D eigenvalue weighted by atomic mass is 32.2. The van der Waals surface area contributed by atoms with Crippen LogP contribution in [0.1, 0.15) is 45.4 Å². The van der Waals surface area contributed by atoms with Crippen LogP contribution >= 0.6 is 0 Å². The maximum atomic E-state index is 12.2. The van der Waals surface area contributed by atoms with Gasteiger partial charge in [-0.2, -0.15) is 0 Å². The van der Waals surface area contributed by atoms with E-state index in [1.165, 1.54) is 17.8 Å². The summed E-state index contributed by atoms with van der Waals surface area (Å²) in [7, 11) is -3.53. The lowest BCUT2D eigenvalue weighted by atomic mass is 10.1. The number of benzene rings is 1. The number of rotatable bonds is 8. The van der Waals surface area contributed by atoms with Crippen LogP contribution < -0.4 is 0 Å². The van der Waals surface area contributed by atoms with E-state index in [-0.39, 0.29) is 23.1 Å². The van der Waals surface area contributed by atoms with E-state index in [0.717, 1.165) is 32.1 Å². The van der Waals surface area contributed by atoms with Crippen LogP contribution in [0.5, 0.6) is 0 Å². The summed E-state index contributed by atoms with van der Waals surface area (Å²) < 4.78 is 24.3. The van der Waals surface area contributed by atoms with Gasteiger partial charge in [-0.25, -0.2) is 8.42 Å². The Morgan fingerprint density at radius 3 is 2.68 bits per heavy atom. The van der Waals surface area contributed by atoms with Gasteiger partial charge in [0.2, 0.25) is 0 Å². The van der Waals surface area contributed by atoms with Gasteiger partial charge in [0.25, 0.3) is 0 Å². The Balaban J connectivity index is 1.90. The second-order valence-electron chi connectivity index (χ2n) is 5.81. The van der Waals surface area contributed by atoms with Crippen molar-refractivity contribution in [3.05, 3.63) is 30.3 Å². The molecule has 0 amide bonds. The van der Waals surface area contributed by atoms with Gasteiger partial charge in [0, 0.05) is 12.1 Å². The Labute approximate surface area is 132 Å². The quantitative estimate of drug-likeness (QED) is 0.738. The third-order valence-electron chi connectivity index (χ3n) is 3.87. The third-order valence-corrected chi connectivity index (χ3v) is 5.56. The molecule has 120 valence electrons. The van der Waals surface area contributed by atoms with Crippen LogP contribution in [-0.4, -0.2) is 31.7 Å². The molecule has 1 aliphatic rings. The first-order valence-electron chi connectivity index (χ1n) is 7.86. The number of carbonyl (C=O) groups excluding carboxylic acids is 1. The first-order chi connectivity index (χ1) is 10.5. The van der Waals surface area contributed by atoms with E-state index in [1.54, 1.807) is 18.2 Å². The van der Waals surface area contributed by atoms with Crippen molar-refractivity contribution in [1.29, 1.82) is 0 Å². The summed E-state index contributed by atoms with van der Waals surface area (Å²) in [5, 5.41) is 0. The molecule has 0 saturated carbocycles. The van der Waals surface area contributed by atoms with Crippen LogP contribution in [0.2, 0.25) is 0 Å². The first-order valence-corrected chi connectivity index (χ1v) is 9.51. The minimum absolute atomic E-state index is 0.0228. The molecule has 0 aromatic heterocycles. The lowest BCUT2D eigenvalue weighted by Gasteiger charge is -2.07. The van der Waals surface area contributed by atoms with Crippen molar-refractivity contribution in [3.63, 3.8) is 0 Å². The number of nitrogens with zero attached hydrogens (tertiary/aromatic N) is 1. The van der Waals surface area contributed by atoms with E-state index in [1.807, 2.05) is 0 Å². The molecule has 1 aromatic carbocycles. The zero-order valence-electron chi connectivity index (χ0n) is 13.0. The Hall–Kier alpha value is -1.49. The highest BCUT2D eigenvalue weighted by Gasteiger charge is 2.24. The molecular formula is C17H23NO3S. The lowest BCUT2D eigenvalue weighted by molar-refractivity contribution is -0.116. The smallest absolute Gasteiger partial charge is 0.185 e. The summed E-state index contributed by atoms with van der Waals surface area (Å²) in [5.74, 6) is -0.665. The van der Waals surface area contributed by atoms with Crippen LogP contribution in [0.3, 0.4) is 0 Å². The minimum atomic E-state index is -3.53. The molecule has 4 nitrogen and oxygen atoms in total. The molecule has 1 unspecified atom stereocenters. The van der Waals surface area contributed by atoms with Gasteiger partial charge in [0.05, 0.1) is 10.9 Å². The van der Waals surface area contributed by atoms with Gasteiger partial charge in [0.15, 0.2) is 9.84 Å². The standard InChI is InChI=1S/C17H23NO3S/c1-2-3-7-14-10-11-15(18-14)12-16(19)13-22(20,21)17-8-5-4-6-9-17/h4-6,8-9,15H,2-3,7,10-13H2,1H3. The zero-order chi connectivity index (χ0) is 16.0. The summed E-state index contributed by atoms with van der Waals surface area (Å²) in [6.07, 6.45) is 5.32. The SMILES string of the molecule is CCCCC1=NC(CC(=O)CS(=O)(=O)c2ccccc2)CC1. The van der Waals surface area contributed by atoms with Gasteiger partial charge in [-0.1, -0.05) is 31.5 Å². The van der Waals surface area contributed by atoms with Crippen molar-refractivity contribution in [3.8, 4) is 0 Å². The van der Waals surface area contributed by atoms with Crippen molar-refractivity contribution < 1.29 is 13.2 Å². The molecule has 0 aliphatic carbocycles. The van der Waals surface area contributed by atoms with Crippen LogP contribution in [0.15, 0.2) is 40.2 Å². The average molecular weight is 321 g/mol. The van der Waals surface area contributed by atoms with E-state index in [4.69, 9.17) is 0 Å². The number of carbonyl (C=O) groups is 1. The second-order valence-corrected chi connectivity index (χ2v) is 7.80. The number of hydrogen-bond acceptors (Lipinski definition) is 4. The Bertz CT molecular complexity index is 635. The maximum Gasteiger partial charge on any atom is 0.185 e. The molecule has 1 heterocycles. The van der Waals surface area contributed by atoms with Gasteiger partial charge in [0.1, 0.15) is 11.5 Å². The molecular weight excluding hydrogens is 298 g/mol. The third kappa shape index (κ3) is 4.77. The Morgan fingerprint density at radius 2 is 2.00 bits per heavy atom. The Kier molecular flexibility index (Phi) is 5.89. The number of unbranched alkanes of at least 4 members (excludes halogenated alkanes) is 1. The predicted octanol–water partition coefficient (Wildman–Crippen LogP) is 3.21. The van der Waals surface area contributed by atoms with Crippen LogP contribution in [-0.2, 0) is 14.6 Å². The fourth-order valence-electron chi connectivity index (χ4n) is 2.68. The molecule has 0 bridgehead atoms. The van der Waals surface area contributed by atoms with Crippen LogP contribution in [0.25, 0.3) is 0 Å². The average Bonchev–Trinajstić information content (AvgIpc) is 2.92. The van der Waals surface area contributed by atoms with Crippen molar-refractivity contribution >= 4 is 21.3 Å². The molecule has 0 fully saturated rings. The van der Waals surface area contributed by atoms with Gasteiger partial charge in [-0.3, -0.25) is 9.79 Å². The molecule has 1 aliphatic heterocycles. The minimum Gasteiger partial charge on any atom is -0.298 e. The maximum absolute atomic E-state index is 12.2. The number of sulfone groups is 1. The summed E-state index contributed by atoms with van der Waals surface area (Å²) in [6.45, 7) is 2.14. The molecule has 0 spiro atoms. The fraction of sp³-hybridized carbons (Fsp3) is 0.529. The molecule has 0 saturated heterocycles. The van der Waals surface area contributed by atoms with E-state index < -0.39 is 15.6 Å². The van der Waals surface area contributed by atoms with E-state index >= 15 is 0 Å². The molecule has 0 radical (unpaired) electrons. The van der Waals surface area contributed by atoms with Crippen molar-refractivity contribution in [2.24, 2.45) is 4.99 Å². The van der Waals surface area contributed by atoms with Gasteiger partial charge in [-0.05, 0) is 37.8 Å². The van der Waals surface area contributed by atoms with Gasteiger partial charge >= 0.3 is 0 Å². The molecule has 0 N–H and O–H groups in total. The largest absolute Gasteiger partial charge is 0.298 e. The predicted molar refractivity (Wildman–Crippen MR) is 88.1 cm³/mol. The summed E-state index contributed by atoms with van der Waals surface area (Å²) in [4.78, 5) is 16.8. The summed E-state index contributed by atoms with van der Waals surface area (Å²) in [6, 6.07) is 8.12. The summed E-state index contributed by atoms with van der Waals surface area (Å²) >= 11 is 0. The highest BCUT2D eigenvalue weighted by molar-refractivity contribution is 7.92. The number of aliphatic imine (C=N–C) groups is 1. The topological polar surface area (TPSA) is 63.6 Å². The first kappa shape index (κ1) is 16.9. The van der Waals surface area contributed by atoms with Crippen LogP contribution in [0, 0.1) is 0 Å². The van der Waals surface area contributed by atoms with Crippen molar-refractivity contribution in [2.75, 3.05) is 5.75 Å². The number of Topliss-reactive ketones (excluding diaryl/α,β-unsaturated/α-hetero) is 1. The highest BCUT2D eigenvalue weighted by Crippen LogP contribution is 2.20. The van der Waals surface area contributed by atoms with Crippen LogP contribution in [0.4, 0.5) is 0 Å². The normalized spacial score (nSPS) is 18.2. The lowest BCUT2D eigenvalue weighted by Crippen LogP contribution is -2.19. The van der Waals surface area contributed by atoms with Gasteiger partial charge < -0.3 is 0 Å².